The van der Waals surface area contributed by atoms with E-state index in [1.165, 1.54) is 0 Å². The van der Waals surface area contributed by atoms with Crippen LogP contribution in [0.25, 0.3) is 0 Å². The van der Waals surface area contributed by atoms with Gasteiger partial charge in [0.1, 0.15) is 12.1 Å². The zero-order valence-electron chi connectivity index (χ0n) is 12.1. The van der Waals surface area contributed by atoms with Crippen LogP contribution in [0.4, 0.5) is 0 Å². The molecular formula is C14H24N2O3. The molecule has 2 fully saturated rings. The van der Waals surface area contributed by atoms with E-state index in [0.717, 1.165) is 19.4 Å². The van der Waals surface area contributed by atoms with Gasteiger partial charge in [-0.2, -0.15) is 0 Å². The maximum Gasteiger partial charge on any atom is 0.249 e. The van der Waals surface area contributed by atoms with Crippen molar-refractivity contribution in [3.05, 3.63) is 0 Å². The molecule has 0 spiro atoms. The van der Waals surface area contributed by atoms with E-state index in [0.29, 0.717) is 19.4 Å². The summed E-state index contributed by atoms with van der Waals surface area (Å²) in [7, 11) is 0. The number of carbonyl (C=O) groups is 2. The third-order valence-corrected chi connectivity index (χ3v) is 4.61. The van der Waals surface area contributed by atoms with Crippen LogP contribution in [0.1, 0.15) is 46.5 Å². The van der Waals surface area contributed by atoms with E-state index in [1.54, 1.807) is 4.90 Å². The molecule has 0 saturated carbocycles. The van der Waals surface area contributed by atoms with Gasteiger partial charge in [0.05, 0.1) is 12.1 Å². The molecule has 2 heterocycles. The Kier molecular flexibility index (Phi) is 3.85. The first-order valence-electron chi connectivity index (χ1n) is 7.18. The van der Waals surface area contributed by atoms with Gasteiger partial charge < -0.3 is 15.0 Å². The smallest absolute Gasteiger partial charge is 0.249 e. The molecule has 0 aromatic heterocycles. The quantitative estimate of drug-likeness (QED) is 0.833. The van der Waals surface area contributed by atoms with Crippen LogP contribution in [0.5, 0.6) is 0 Å². The SMILES string of the molecule is CCC1(CC)NC(=O)CN(C2(C)CCCOC2)C1=O. The molecule has 0 aliphatic carbocycles. The predicted octanol–water partition coefficient (Wildman–Crippen LogP) is 1.07. The Morgan fingerprint density at radius 3 is 2.53 bits per heavy atom. The lowest BCUT2D eigenvalue weighted by Crippen LogP contribution is -2.71. The van der Waals surface area contributed by atoms with Crippen molar-refractivity contribution >= 4 is 11.8 Å². The van der Waals surface area contributed by atoms with Crippen molar-refractivity contribution in [2.45, 2.75) is 57.5 Å². The van der Waals surface area contributed by atoms with Crippen LogP contribution >= 0.6 is 0 Å². The van der Waals surface area contributed by atoms with Gasteiger partial charge in [-0.15, -0.1) is 0 Å². The summed E-state index contributed by atoms with van der Waals surface area (Å²) in [6.45, 7) is 7.35. The number of nitrogens with one attached hydrogen (secondary N) is 1. The normalized spacial score (nSPS) is 31.2. The number of piperazine rings is 1. The third kappa shape index (κ3) is 2.36. The van der Waals surface area contributed by atoms with Crippen LogP contribution in [0.3, 0.4) is 0 Å². The predicted molar refractivity (Wildman–Crippen MR) is 71.6 cm³/mol. The minimum Gasteiger partial charge on any atom is -0.379 e. The van der Waals surface area contributed by atoms with Gasteiger partial charge in [-0.05, 0) is 32.6 Å². The van der Waals surface area contributed by atoms with Crippen molar-refractivity contribution in [3.63, 3.8) is 0 Å². The first-order valence-corrected chi connectivity index (χ1v) is 7.18. The van der Waals surface area contributed by atoms with Gasteiger partial charge in [-0.25, -0.2) is 0 Å². The van der Waals surface area contributed by atoms with Gasteiger partial charge in [0.2, 0.25) is 11.8 Å². The number of ether oxygens (including phenoxy) is 1. The second kappa shape index (κ2) is 5.12. The lowest BCUT2D eigenvalue weighted by Gasteiger charge is -2.50. The molecule has 1 atom stereocenters. The molecule has 5 nitrogen and oxygen atoms in total. The van der Waals surface area contributed by atoms with Crippen LogP contribution in [0.15, 0.2) is 0 Å². The third-order valence-electron chi connectivity index (χ3n) is 4.61. The summed E-state index contributed by atoms with van der Waals surface area (Å²) in [5, 5.41) is 2.89. The Morgan fingerprint density at radius 2 is 2.00 bits per heavy atom. The van der Waals surface area contributed by atoms with E-state index in [1.807, 2.05) is 20.8 Å². The van der Waals surface area contributed by atoms with Crippen LogP contribution in [-0.2, 0) is 14.3 Å². The van der Waals surface area contributed by atoms with Gasteiger partial charge in [0.15, 0.2) is 0 Å². The lowest BCUT2D eigenvalue weighted by molar-refractivity contribution is -0.162. The Hall–Kier alpha value is -1.10. The summed E-state index contributed by atoms with van der Waals surface area (Å²) in [5.74, 6) is -0.0137. The Morgan fingerprint density at radius 1 is 1.32 bits per heavy atom. The van der Waals surface area contributed by atoms with Gasteiger partial charge in [0, 0.05) is 6.61 Å². The second-order valence-electron chi connectivity index (χ2n) is 5.88. The Bertz CT molecular complexity index is 371. The van der Waals surface area contributed by atoms with Crippen molar-refractivity contribution < 1.29 is 14.3 Å². The average molecular weight is 268 g/mol. The number of nitrogens with zero attached hydrogens (tertiary/aromatic N) is 1. The minimum atomic E-state index is -0.726. The van der Waals surface area contributed by atoms with Gasteiger partial charge >= 0.3 is 0 Å². The largest absolute Gasteiger partial charge is 0.379 e. The topological polar surface area (TPSA) is 58.6 Å². The van der Waals surface area contributed by atoms with E-state index in [9.17, 15) is 9.59 Å². The second-order valence-corrected chi connectivity index (χ2v) is 5.88. The number of hydrogen-bond acceptors (Lipinski definition) is 3. The van der Waals surface area contributed by atoms with E-state index in [4.69, 9.17) is 4.74 Å². The number of rotatable bonds is 3. The summed E-state index contributed by atoms with van der Waals surface area (Å²) in [6, 6.07) is 0. The van der Waals surface area contributed by atoms with E-state index < -0.39 is 5.54 Å². The molecule has 2 rings (SSSR count). The zero-order valence-corrected chi connectivity index (χ0v) is 12.1. The molecule has 0 bridgehead atoms. The maximum atomic E-state index is 12.8. The Labute approximate surface area is 114 Å². The summed E-state index contributed by atoms with van der Waals surface area (Å²) in [4.78, 5) is 26.6. The molecule has 0 aromatic rings. The highest BCUT2D eigenvalue weighted by Crippen LogP contribution is 2.32. The standard InChI is InChI=1S/C14H24N2O3/c1-4-14(5-2)12(18)16(9-11(17)15-14)13(3)7-6-8-19-10-13/h4-10H2,1-3H3,(H,15,17). The summed E-state index contributed by atoms with van der Waals surface area (Å²) in [5.41, 5.74) is -1.07. The molecule has 19 heavy (non-hydrogen) atoms. The maximum absolute atomic E-state index is 12.8. The van der Waals surface area contributed by atoms with E-state index >= 15 is 0 Å². The lowest BCUT2D eigenvalue weighted by atomic mass is 9.84. The number of amides is 2. The van der Waals surface area contributed by atoms with E-state index in [-0.39, 0.29) is 23.9 Å². The summed E-state index contributed by atoms with van der Waals surface area (Å²) < 4.78 is 5.53. The van der Waals surface area contributed by atoms with E-state index in [2.05, 4.69) is 5.32 Å². The van der Waals surface area contributed by atoms with Crippen LogP contribution in [0.2, 0.25) is 0 Å². The van der Waals surface area contributed by atoms with Crippen molar-refractivity contribution in [2.75, 3.05) is 19.8 Å². The summed E-state index contributed by atoms with van der Waals surface area (Å²) in [6.07, 6.45) is 3.09. The first kappa shape index (κ1) is 14.3. The van der Waals surface area contributed by atoms with Crippen molar-refractivity contribution in [2.24, 2.45) is 0 Å². The molecule has 2 amide bonds. The highest BCUT2D eigenvalue weighted by molar-refractivity contribution is 5.98. The van der Waals surface area contributed by atoms with Crippen molar-refractivity contribution in [1.82, 2.24) is 10.2 Å². The molecule has 2 aliphatic rings. The molecule has 1 N–H and O–H groups in total. The zero-order chi connectivity index (χ0) is 14.1. The van der Waals surface area contributed by atoms with Gasteiger partial charge in [0.25, 0.3) is 0 Å². The first-order chi connectivity index (χ1) is 8.97. The van der Waals surface area contributed by atoms with Crippen LogP contribution in [-0.4, -0.2) is 47.6 Å². The molecule has 2 saturated heterocycles. The highest BCUT2D eigenvalue weighted by Gasteiger charge is 2.50. The average Bonchev–Trinajstić information content (AvgIpc) is 2.42. The van der Waals surface area contributed by atoms with Crippen LogP contribution in [0, 0.1) is 0 Å². The Balaban J connectivity index is 2.29. The number of hydrogen-bond donors (Lipinski definition) is 1. The molecule has 0 radical (unpaired) electrons. The highest BCUT2D eigenvalue weighted by atomic mass is 16.5. The fourth-order valence-electron chi connectivity index (χ4n) is 3.13. The fourth-order valence-corrected chi connectivity index (χ4v) is 3.13. The number of carbonyl (C=O) groups excluding carboxylic acids is 2. The molecule has 5 heteroatoms. The summed E-state index contributed by atoms with van der Waals surface area (Å²) >= 11 is 0. The molecular weight excluding hydrogens is 244 g/mol. The molecule has 1 unspecified atom stereocenters. The molecule has 108 valence electrons. The van der Waals surface area contributed by atoms with Gasteiger partial charge in [-0.3, -0.25) is 9.59 Å². The monoisotopic (exact) mass is 268 g/mol. The van der Waals surface area contributed by atoms with Crippen molar-refractivity contribution in [3.8, 4) is 0 Å². The molecule has 2 aliphatic heterocycles. The molecule has 0 aromatic carbocycles. The fraction of sp³-hybridized carbons (Fsp3) is 0.857. The minimum absolute atomic E-state index is 0.0464. The van der Waals surface area contributed by atoms with Gasteiger partial charge in [-0.1, -0.05) is 13.8 Å². The van der Waals surface area contributed by atoms with Crippen LogP contribution < -0.4 is 5.32 Å². The van der Waals surface area contributed by atoms with Crippen molar-refractivity contribution in [1.29, 1.82) is 0 Å².